The Hall–Kier alpha value is -1.20. The van der Waals surface area contributed by atoms with Crippen molar-refractivity contribution in [1.82, 2.24) is 0 Å². The van der Waals surface area contributed by atoms with Crippen LogP contribution in [0.2, 0.25) is 19.6 Å². The topological polar surface area (TPSA) is 20.2 Å². The highest BCUT2D eigenvalue weighted by Gasteiger charge is 2.07. The van der Waals surface area contributed by atoms with Gasteiger partial charge in [-0.05, 0) is 24.6 Å². The zero-order valence-electron chi connectivity index (χ0n) is 9.18. The molecule has 74 valence electrons. The lowest BCUT2D eigenvalue weighted by Crippen LogP contribution is -2.16. The monoisotopic (exact) mass is 204 g/mol. The van der Waals surface area contributed by atoms with Crippen molar-refractivity contribution in [3.8, 4) is 17.2 Å². The average molecular weight is 204 g/mol. The third kappa shape index (κ3) is 3.27. The number of phenols is 1. The lowest BCUT2D eigenvalue weighted by molar-refractivity contribution is 0.475. The first kappa shape index (κ1) is 10.9. The lowest BCUT2D eigenvalue weighted by atomic mass is 10.1. The molecule has 0 heterocycles. The van der Waals surface area contributed by atoms with Gasteiger partial charge in [-0.15, -0.1) is 5.54 Å². The van der Waals surface area contributed by atoms with Gasteiger partial charge in [-0.3, -0.25) is 0 Å². The van der Waals surface area contributed by atoms with Crippen LogP contribution in [0.5, 0.6) is 5.75 Å². The van der Waals surface area contributed by atoms with E-state index >= 15 is 0 Å². The van der Waals surface area contributed by atoms with Gasteiger partial charge < -0.3 is 5.11 Å². The van der Waals surface area contributed by atoms with Gasteiger partial charge in [0.25, 0.3) is 0 Å². The highest BCUT2D eigenvalue weighted by molar-refractivity contribution is 6.83. The predicted molar refractivity (Wildman–Crippen MR) is 63.1 cm³/mol. The molecule has 1 N–H and O–H groups in total. The lowest BCUT2D eigenvalue weighted by Gasteiger charge is -2.04. The van der Waals surface area contributed by atoms with Crippen LogP contribution in [0.4, 0.5) is 0 Å². The Bertz CT molecular complexity index is 391. The summed E-state index contributed by atoms with van der Waals surface area (Å²) in [7, 11) is -1.32. The third-order valence-corrected chi connectivity index (χ3v) is 2.67. The Morgan fingerprint density at radius 3 is 2.43 bits per heavy atom. The summed E-state index contributed by atoms with van der Waals surface area (Å²) in [5.41, 5.74) is 5.34. The van der Waals surface area contributed by atoms with E-state index in [9.17, 15) is 5.11 Å². The predicted octanol–water partition coefficient (Wildman–Crippen LogP) is 2.93. The van der Waals surface area contributed by atoms with E-state index in [-0.39, 0.29) is 5.75 Å². The number of aryl methyl sites for hydroxylation is 1. The second-order valence-electron chi connectivity index (χ2n) is 4.50. The van der Waals surface area contributed by atoms with Crippen LogP contribution in [-0.4, -0.2) is 13.2 Å². The number of rotatable bonds is 0. The summed E-state index contributed by atoms with van der Waals surface area (Å²) in [5.74, 6) is 3.43. The van der Waals surface area contributed by atoms with E-state index in [1.54, 1.807) is 12.1 Å². The van der Waals surface area contributed by atoms with Crippen LogP contribution in [0.25, 0.3) is 0 Å². The smallest absolute Gasteiger partial charge is 0.129 e. The summed E-state index contributed by atoms with van der Waals surface area (Å²) in [4.78, 5) is 0. The summed E-state index contributed by atoms with van der Waals surface area (Å²) < 4.78 is 0. The molecule has 0 aliphatic rings. The summed E-state index contributed by atoms with van der Waals surface area (Å²) in [5, 5.41) is 9.31. The molecule has 1 aromatic rings. The fraction of sp³-hybridized carbons (Fsp3) is 0.333. The Kier molecular flexibility index (Phi) is 3.02. The quantitative estimate of drug-likeness (QED) is 0.509. The van der Waals surface area contributed by atoms with Gasteiger partial charge in [0.2, 0.25) is 0 Å². The van der Waals surface area contributed by atoms with Gasteiger partial charge in [0.1, 0.15) is 13.8 Å². The van der Waals surface area contributed by atoms with Crippen LogP contribution >= 0.6 is 0 Å². The van der Waals surface area contributed by atoms with E-state index in [0.717, 1.165) is 11.1 Å². The van der Waals surface area contributed by atoms with Crippen LogP contribution in [0.3, 0.4) is 0 Å². The fourth-order valence-corrected chi connectivity index (χ4v) is 1.51. The van der Waals surface area contributed by atoms with Crippen LogP contribution in [0.1, 0.15) is 11.1 Å². The van der Waals surface area contributed by atoms with Gasteiger partial charge in [0.15, 0.2) is 0 Å². The van der Waals surface area contributed by atoms with E-state index in [0.29, 0.717) is 0 Å². The van der Waals surface area contributed by atoms with E-state index in [1.165, 1.54) is 0 Å². The summed E-state index contributed by atoms with van der Waals surface area (Å²) in [6, 6.07) is 5.31. The van der Waals surface area contributed by atoms with Crippen molar-refractivity contribution >= 4 is 8.07 Å². The molecule has 1 nitrogen and oxygen atoms in total. The maximum atomic E-state index is 9.31. The summed E-state index contributed by atoms with van der Waals surface area (Å²) in [6.45, 7) is 8.63. The molecule has 0 unspecified atom stereocenters. The molecule has 0 atom stereocenters. The molecule has 0 aromatic heterocycles. The van der Waals surface area contributed by atoms with Crippen molar-refractivity contribution < 1.29 is 5.11 Å². The third-order valence-electron chi connectivity index (χ3n) is 1.79. The number of hydrogen-bond acceptors (Lipinski definition) is 1. The van der Waals surface area contributed by atoms with Gasteiger partial charge in [0.05, 0.1) is 0 Å². The Morgan fingerprint density at radius 2 is 1.86 bits per heavy atom. The first-order valence-electron chi connectivity index (χ1n) is 4.71. The van der Waals surface area contributed by atoms with Gasteiger partial charge in [-0.2, -0.15) is 0 Å². The molecule has 0 saturated heterocycles. The van der Waals surface area contributed by atoms with E-state index in [4.69, 9.17) is 0 Å². The standard InChI is InChI=1S/C12H16OSi/c1-10-5-6-12(13)9-11(10)7-8-14(2,3)4/h5-6,9,13H,1-4H3. The molecule has 0 bridgehead atoms. The number of phenolic OH excluding ortho intramolecular Hbond substituents is 1. The zero-order valence-corrected chi connectivity index (χ0v) is 10.2. The molecule has 1 rings (SSSR count). The summed E-state index contributed by atoms with van der Waals surface area (Å²) >= 11 is 0. The molecule has 0 amide bonds. The van der Waals surface area contributed by atoms with Crippen LogP contribution in [0.15, 0.2) is 18.2 Å². The number of hydrogen-bond donors (Lipinski definition) is 1. The molecule has 0 radical (unpaired) electrons. The second-order valence-corrected chi connectivity index (χ2v) is 9.25. The van der Waals surface area contributed by atoms with Crippen molar-refractivity contribution in [2.24, 2.45) is 0 Å². The van der Waals surface area contributed by atoms with E-state index in [2.05, 4.69) is 31.1 Å². The first-order valence-corrected chi connectivity index (χ1v) is 8.21. The van der Waals surface area contributed by atoms with E-state index in [1.807, 2.05) is 13.0 Å². The van der Waals surface area contributed by atoms with Crippen molar-refractivity contribution in [2.45, 2.75) is 26.6 Å². The molecule has 0 fully saturated rings. The maximum Gasteiger partial charge on any atom is 0.129 e. The van der Waals surface area contributed by atoms with Crippen LogP contribution in [-0.2, 0) is 0 Å². The number of benzene rings is 1. The molecule has 0 aliphatic heterocycles. The van der Waals surface area contributed by atoms with Crippen molar-refractivity contribution in [1.29, 1.82) is 0 Å². The van der Waals surface area contributed by atoms with Gasteiger partial charge in [0, 0.05) is 5.56 Å². The van der Waals surface area contributed by atoms with Crippen molar-refractivity contribution in [3.63, 3.8) is 0 Å². The maximum absolute atomic E-state index is 9.31. The minimum absolute atomic E-state index is 0.287. The Morgan fingerprint density at radius 1 is 1.21 bits per heavy atom. The second kappa shape index (κ2) is 3.89. The molecular weight excluding hydrogens is 188 g/mol. The highest BCUT2D eigenvalue weighted by atomic mass is 28.3. The molecule has 0 spiro atoms. The normalized spacial score (nSPS) is 10.6. The van der Waals surface area contributed by atoms with Crippen LogP contribution < -0.4 is 0 Å². The van der Waals surface area contributed by atoms with Gasteiger partial charge >= 0.3 is 0 Å². The van der Waals surface area contributed by atoms with Gasteiger partial charge in [-0.1, -0.05) is 31.6 Å². The molecule has 0 aliphatic carbocycles. The van der Waals surface area contributed by atoms with Crippen molar-refractivity contribution in [3.05, 3.63) is 29.3 Å². The van der Waals surface area contributed by atoms with Crippen molar-refractivity contribution in [2.75, 3.05) is 0 Å². The summed E-state index contributed by atoms with van der Waals surface area (Å²) in [6.07, 6.45) is 0. The largest absolute Gasteiger partial charge is 0.508 e. The highest BCUT2D eigenvalue weighted by Crippen LogP contribution is 2.14. The zero-order chi connectivity index (χ0) is 10.8. The SMILES string of the molecule is Cc1ccc(O)cc1C#C[Si](C)(C)C. The number of aromatic hydroxyl groups is 1. The molecular formula is C12H16OSi. The molecule has 1 aromatic carbocycles. The van der Waals surface area contributed by atoms with Gasteiger partial charge in [-0.25, -0.2) is 0 Å². The molecule has 0 saturated carbocycles. The fourth-order valence-electron chi connectivity index (χ4n) is 0.999. The first-order chi connectivity index (χ1) is 6.38. The Balaban J connectivity index is 3.06. The molecule has 14 heavy (non-hydrogen) atoms. The minimum atomic E-state index is -1.32. The minimum Gasteiger partial charge on any atom is -0.508 e. The van der Waals surface area contributed by atoms with E-state index < -0.39 is 8.07 Å². The average Bonchev–Trinajstić information content (AvgIpc) is 2.05. The Labute approximate surface area is 86.8 Å². The molecule has 2 heteroatoms. The van der Waals surface area contributed by atoms with Crippen LogP contribution in [0, 0.1) is 18.4 Å².